The molecule has 0 spiro atoms. The van der Waals surface area contributed by atoms with Gasteiger partial charge in [-0.15, -0.1) is 0 Å². The van der Waals surface area contributed by atoms with Crippen LogP contribution in [0.4, 0.5) is 5.69 Å². The molecule has 2 aromatic carbocycles. The highest BCUT2D eigenvalue weighted by Crippen LogP contribution is 2.22. The van der Waals surface area contributed by atoms with Crippen molar-refractivity contribution < 1.29 is 14.3 Å². The van der Waals surface area contributed by atoms with Gasteiger partial charge in [0, 0.05) is 10.7 Å². The largest absolute Gasteiger partial charge is 0.459 e. The SMILES string of the molecule is CC(C)OC(=O)c1ccc(NC(=O)c2cc(Cl)ccc2Cl)cc1. The van der Waals surface area contributed by atoms with Crippen molar-refractivity contribution in [3.8, 4) is 0 Å². The number of esters is 1. The minimum atomic E-state index is -0.407. The molecule has 4 nitrogen and oxygen atoms in total. The lowest BCUT2D eigenvalue weighted by atomic mass is 10.2. The summed E-state index contributed by atoms with van der Waals surface area (Å²) in [6.45, 7) is 3.56. The van der Waals surface area contributed by atoms with Crippen molar-refractivity contribution in [3.63, 3.8) is 0 Å². The summed E-state index contributed by atoms with van der Waals surface area (Å²) in [5.74, 6) is -0.786. The first kappa shape index (κ1) is 17.3. The first-order valence-corrected chi connectivity index (χ1v) is 7.70. The molecule has 0 aliphatic carbocycles. The highest BCUT2D eigenvalue weighted by atomic mass is 35.5. The van der Waals surface area contributed by atoms with Gasteiger partial charge in [-0.1, -0.05) is 23.2 Å². The van der Waals surface area contributed by atoms with E-state index in [1.54, 1.807) is 50.2 Å². The van der Waals surface area contributed by atoms with E-state index in [2.05, 4.69) is 5.32 Å². The molecule has 0 radical (unpaired) electrons. The summed E-state index contributed by atoms with van der Waals surface area (Å²) in [5.41, 5.74) is 1.23. The van der Waals surface area contributed by atoms with Crippen LogP contribution < -0.4 is 5.32 Å². The Morgan fingerprint density at radius 1 is 1.04 bits per heavy atom. The number of hydrogen-bond acceptors (Lipinski definition) is 3. The lowest BCUT2D eigenvalue weighted by molar-refractivity contribution is 0.0378. The van der Waals surface area contributed by atoms with Crippen molar-refractivity contribution in [1.29, 1.82) is 0 Å². The Bertz CT molecular complexity index is 727. The van der Waals surface area contributed by atoms with Gasteiger partial charge in [-0.05, 0) is 56.3 Å². The molecule has 2 aromatic rings. The van der Waals surface area contributed by atoms with Crippen molar-refractivity contribution in [2.45, 2.75) is 20.0 Å². The Hall–Kier alpha value is -2.04. The number of carbonyl (C=O) groups excluding carboxylic acids is 2. The maximum absolute atomic E-state index is 12.2. The maximum Gasteiger partial charge on any atom is 0.338 e. The summed E-state index contributed by atoms with van der Waals surface area (Å²) in [5, 5.41) is 3.43. The molecule has 1 N–H and O–H groups in total. The molecule has 1 amide bonds. The molecular weight excluding hydrogens is 337 g/mol. The maximum atomic E-state index is 12.2. The van der Waals surface area contributed by atoms with Gasteiger partial charge in [0.05, 0.1) is 22.3 Å². The number of ether oxygens (including phenoxy) is 1. The van der Waals surface area contributed by atoms with E-state index in [9.17, 15) is 9.59 Å². The number of hydrogen-bond donors (Lipinski definition) is 1. The molecule has 0 unspecified atom stereocenters. The van der Waals surface area contributed by atoms with Crippen molar-refractivity contribution in [3.05, 3.63) is 63.6 Å². The number of amides is 1. The van der Waals surface area contributed by atoms with Gasteiger partial charge in [0.2, 0.25) is 0 Å². The normalized spacial score (nSPS) is 10.5. The van der Waals surface area contributed by atoms with Crippen LogP contribution in [0.5, 0.6) is 0 Å². The Kier molecular flexibility index (Phi) is 5.64. The number of carbonyl (C=O) groups is 2. The average molecular weight is 352 g/mol. The van der Waals surface area contributed by atoms with Crippen LogP contribution in [-0.4, -0.2) is 18.0 Å². The Labute approximate surface area is 144 Å². The summed E-state index contributed by atoms with van der Waals surface area (Å²) < 4.78 is 5.10. The monoisotopic (exact) mass is 351 g/mol. The molecule has 0 saturated heterocycles. The van der Waals surface area contributed by atoms with Crippen LogP contribution in [0, 0.1) is 0 Å². The molecular formula is C17H15Cl2NO3. The highest BCUT2D eigenvalue weighted by Gasteiger charge is 2.13. The van der Waals surface area contributed by atoms with E-state index in [-0.39, 0.29) is 17.6 Å². The third kappa shape index (κ3) is 4.71. The van der Waals surface area contributed by atoms with Gasteiger partial charge >= 0.3 is 5.97 Å². The number of nitrogens with one attached hydrogen (secondary N) is 1. The predicted octanol–water partition coefficient (Wildman–Crippen LogP) is 4.81. The number of anilines is 1. The summed E-state index contributed by atoms with van der Waals surface area (Å²) in [6, 6.07) is 11.1. The standard InChI is InChI=1S/C17H15Cl2NO3/c1-10(2)23-17(22)11-3-6-13(7-4-11)20-16(21)14-9-12(18)5-8-15(14)19/h3-10H,1-2H3,(H,20,21). The minimum absolute atomic E-state index is 0.188. The van der Waals surface area contributed by atoms with Crippen LogP contribution in [0.15, 0.2) is 42.5 Å². The van der Waals surface area contributed by atoms with Gasteiger partial charge in [-0.3, -0.25) is 4.79 Å². The van der Waals surface area contributed by atoms with Gasteiger partial charge in [0.15, 0.2) is 0 Å². The van der Waals surface area contributed by atoms with E-state index in [4.69, 9.17) is 27.9 Å². The lowest BCUT2D eigenvalue weighted by Gasteiger charge is -2.09. The molecule has 0 aliphatic rings. The third-order valence-electron chi connectivity index (χ3n) is 2.89. The number of halogens is 2. The lowest BCUT2D eigenvalue weighted by Crippen LogP contribution is -2.13. The molecule has 2 rings (SSSR count). The Balaban J connectivity index is 2.10. The molecule has 23 heavy (non-hydrogen) atoms. The van der Waals surface area contributed by atoms with Crippen LogP contribution in [-0.2, 0) is 4.74 Å². The molecule has 0 saturated carbocycles. The molecule has 0 bridgehead atoms. The van der Waals surface area contributed by atoms with Crippen LogP contribution in [0.1, 0.15) is 34.6 Å². The van der Waals surface area contributed by atoms with Crippen molar-refractivity contribution >= 4 is 40.8 Å². The zero-order valence-corrected chi connectivity index (χ0v) is 14.1. The molecule has 0 aromatic heterocycles. The molecule has 0 atom stereocenters. The zero-order valence-electron chi connectivity index (χ0n) is 12.6. The summed E-state index contributed by atoms with van der Waals surface area (Å²) in [4.78, 5) is 24.0. The van der Waals surface area contributed by atoms with E-state index < -0.39 is 5.97 Å². The zero-order chi connectivity index (χ0) is 17.0. The van der Waals surface area contributed by atoms with Crippen LogP contribution in [0.2, 0.25) is 10.0 Å². The van der Waals surface area contributed by atoms with Gasteiger partial charge in [0.1, 0.15) is 0 Å². The van der Waals surface area contributed by atoms with E-state index in [1.165, 1.54) is 6.07 Å². The molecule has 6 heteroatoms. The van der Waals surface area contributed by atoms with Gasteiger partial charge in [0.25, 0.3) is 5.91 Å². The summed E-state index contributed by atoms with van der Waals surface area (Å²) in [7, 11) is 0. The van der Waals surface area contributed by atoms with Crippen molar-refractivity contribution in [2.24, 2.45) is 0 Å². The Morgan fingerprint density at radius 3 is 2.30 bits per heavy atom. The third-order valence-corrected chi connectivity index (χ3v) is 3.46. The van der Waals surface area contributed by atoms with Gasteiger partial charge in [-0.2, -0.15) is 0 Å². The average Bonchev–Trinajstić information content (AvgIpc) is 2.49. The summed E-state index contributed by atoms with van der Waals surface area (Å²) in [6.07, 6.45) is -0.188. The van der Waals surface area contributed by atoms with Gasteiger partial charge in [-0.25, -0.2) is 4.79 Å². The fourth-order valence-electron chi connectivity index (χ4n) is 1.84. The topological polar surface area (TPSA) is 55.4 Å². The molecule has 0 aliphatic heterocycles. The van der Waals surface area contributed by atoms with Crippen molar-refractivity contribution in [2.75, 3.05) is 5.32 Å². The van der Waals surface area contributed by atoms with Crippen molar-refractivity contribution in [1.82, 2.24) is 0 Å². The van der Waals surface area contributed by atoms with E-state index in [1.807, 2.05) is 0 Å². The summed E-state index contributed by atoms with van der Waals surface area (Å²) >= 11 is 11.9. The van der Waals surface area contributed by atoms with Crippen LogP contribution in [0.25, 0.3) is 0 Å². The quantitative estimate of drug-likeness (QED) is 0.804. The second-order valence-electron chi connectivity index (χ2n) is 5.11. The highest BCUT2D eigenvalue weighted by molar-refractivity contribution is 6.36. The second kappa shape index (κ2) is 7.49. The number of benzene rings is 2. The van der Waals surface area contributed by atoms with Crippen LogP contribution >= 0.6 is 23.2 Å². The Morgan fingerprint density at radius 2 is 1.70 bits per heavy atom. The van der Waals surface area contributed by atoms with E-state index >= 15 is 0 Å². The number of rotatable bonds is 4. The second-order valence-corrected chi connectivity index (χ2v) is 5.95. The predicted molar refractivity (Wildman–Crippen MR) is 91.4 cm³/mol. The minimum Gasteiger partial charge on any atom is -0.459 e. The molecule has 0 fully saturated rings. The smallest absolute Gasteiger partial charge is 0.338 e. The van der Waals surface area contributed by atoms with E-state index in [0.717, 1.165) is 0 Å². The van der Waals surface area contributed by atoms with E-state index in [0.29, 0.717) is 21.3 Å². The first-order valence-electron chi connectivity index (χ1n) is 6.94. The van der Waals surface area contributed by atoms with Gasteiger partial charge < -0.3 is 10.1 Å². The fraction of sp³-hybridized carbons (Fsp3) is 0.176. The molecule has 0 heterocycles. The van der Waals surface area contributed by atoms with Crippen LogP contribution in [0.3, 0.4) is 0 Å². The fourth-order valence-corrected chi connectivity index (χ4v) is 2.22. The first-order chi connectivity index (χ1) is 10.9. The molecule has 120 valence electrons.